The summed E-state index contributed by atoms with van der Waals surface area (Å²) in [7, 11) is 1.78. The number of benzene rings is 4. The van der Waals surface area contributed by atoms with Gasteiger partial charge in [-0.3, -0.25) is 9.89 Å². The van der Waals surface area contributed by atoms with E-state index < -0.39 is 0 Å². The first-order chi connectivity index (χ1) is 22.3. The van der Waals surface area contributed by atoms with Gasteiger partial charge in [0.2, 0.25) is 0 Å². The molecule has 3 atom stereocenters. The van der Waals surface area contributed by atoms with Gasteiger partial charge >= 0.3 is 0 Å². The second kappa shape index (κ2) is 13.8. The van der Waals surface area contributed by atoms with Crippen molar-refractivity contribution in [3.63, 3.8) is 0 Å². The van der Waals surface area contributed by atoms with Crippen LogP contribution < -0.4 is 4.90 Å². The Hall–Kier alpha value is -4.02. The van der Waals surface area contributed by atoms with E-state index >= 15 is 0 Å². The number of rotatable bonds is 10. The summed E-state index contributed by atoms with van der Waals surface area (Å²) in [4.78, 5) is 10.0. The number of nitrogens with zero attached hydrogens (tertiary/aromatic N) is 3. The average molecular weight is 614 g/mol. The van der Waals surface area contributed by atoms with Gasteiger partial charge in [-0.15, -0.1) is 0 Å². The molecule has 0 N–H and O–H groups in total. The molecule has 4 heteroatoms. The van der Waals surface area contributed by atoms with Crippen molar-refractivity contribution in [3.05, 3.63) is 142 Å². The van der Waals surface area contributed by atoms with Crippen LogP contribution in [0.5, 0.6) is 0 Å². The Morgan fingerprint density at radius 2 is 1.70 bits per heavy atom. The summed E-state index contributed by atoms with van der Waals surface area (Å²) in [6.45, 7) is 12.3. The molecule has 0 amide bonds. The number of piperidine rings is 1. The van der Waals surface area contributed by atoms with Crippen LogP contribution in [-0.4, -0.2) is 36.3 Å². The number of aliphatic imine (C=N–C) groups is 1. The SMILES string of the molecule is C/C=C/c1cc(CN2CCC(C3(N(c4ccccc4C)C(C)c4ccccc4)CC3C)CC2)ccc1C(=NC)c1cccc(F)c1. The number of anilines is 1. The van der Waals surface area contributed by atoms with Gasteiger partial charge in [0.15, 0.2) is 0 Å². The molecule has 0 bridgehead atoms. The Labute approximate surface area is 275 Å². The second-order valence-corrected chi connectivity index (χ2v) is 13.4. The lowest BCUT2D eigenvalue weighted by Gasteiger charge is -2.47. The van der Waals surface area contributed by atoms with Gasteiger partial charge in [0.1, 0.15) is 5.82 Å². The first-order valence-electron chi connectivity index (χ1n) is 17.0. The minimum Gasteiger partial charge on any atom is -0.358 e. The minimum atomic E-state index is -0.245. The topological polar surface area (TPSA) is 18.8 Å². The fourth-order valence-corrected chi connectivity index (χ4v) is 8.17. The zero-order valence-electron chi connectivity index (χ0n) is 28.1. The largest absolute Gasteiger partial charge is 0.358 e. The van der Waals surface area contributed by atoms with Crippen LogP contribution in [0.1, 0.15) is 79.5 Å². The number of para-hydroxylation sites is 1. The van der Waals surface area contributed by atoms with Gasteiger partial charge in [0.05, 0.1) is 11.8 Å². The molecule has 1 saturated heterocycles. The molecule has 1 heterocycles. The van der Waals surface area contributed by atoms with E-state index in [1.165, 1.54) is 47.7 Å². The molecule has 4 aromatic rings. The zero-order chi connectivity index (χ0) is 32.3. The van der Waals surface area contributed by atoms with Crippen molar-refractivity contribution in [1.82, 2.24) is 4.90 Å². The molecule has 2 fully saturated rings. The summed E-state index contributed by atoms with van der Waals surface area (Å²) in [5.74, 6) is 1.07. The summed E-state index contributed by atoms with van der Waals surface area (Å²) < 4.78 is 14.1. The monoisotopic (exact) mass is 613 g/mol. The van der Waals surface area contributed by atoms with E-state index in [1.54, 1.807) is 19.2 Å². The van der Waals surface area contributed by atoms with Crippen LogP contribution in [0.4, 0.5) is 10.1 Å². The standard InChI is InChI=1S/C42H48FN3/c1-6-13-35-26-33(20-21-39(35)41(44-5)36-17-12-18-38(43)27-36)29-45-24-22-37(23-25-45)42(28-31(42)3)46(40-19-11-10-14-30(40)2)32(4)34-15-8-7-9-16-34/h6-21,26-27,31-32,37H,22-25,28-29H2,1-5H3/b13-6+,44-41?. The fourth-order valence-electron chi connectivity index (χ4n) is 8.17. The molecule has 0 radical (unpaired) electrons. The number of hydrogen-bond donors (Lipinski definition) is 0. The molecule has 4 aromatic carbocycles. The van der Waals surface area contributed by atoms with Gasteiger partial charge in [0.25, 0.3) is 0 Å². The molecule has 1 aliphatic heterocycles. The Kier molecular flexibility index (Phi) is 9.56. The van der Waals surface area contributed by atoms with E-state index in [-0.39, 0.29) is 11.4 Å². The van der Waals surface area contributed by atoms with Crippen molar-refractivity contribution in [2.75, 3.05) is 25.0 Å². The van der Waals surface area contributed by atoms with Crippen molar-refractivity contribution < 1.29 is 4.39 Å². The second-order valence-electron chi connectivity index (χ2n) is 13.4. The Morgan fingerprint density at radius 1 is 0.978 bits per heavy atom. The molecule has 1 saturated carbocycles. The van der Waals surface area contributed by atoms with Crippen molar-refractivity contribution in [2.24, 2.45) is 16.8 Å². The number of likely N-dealkylation sites (tertiary alicyclic amines) is 1. The molecule has 1 aliphatic carbocycles. The summed E-state index contributed by atoms with van der Waals surface area (Å²) >= 11 is 0. The maximum atomic E-state index is 14.1. The van der Waals surface area contributed by atoms with E-state index in [0.29, 0.717) is 17.9 Å². The molecule has 0 spiro atoms. The summed E-state index contributed by atoms with van der Waals surface area (Å²) in [6, 6.07) is 33.7. The third-order valence-electron chi connectivity index (χ3n) is 10.6. The van der Waals surface area contributed by atoms with Gasteiger partial charge < -0.3 is 4.90 Å². The highest BCUT2D eigenvalue weighted by molar-refractivity contribution is 6.14. The predicted molar refractivity (Wildman–Crippen MR) is 192 cm³/mol. The van der Waals surface area contributed by atoms with Crippen molar-refractivity contribution in [2.45, 2.75) is 65.1 Å². The molecule has 3 nitrogen and oxygen atoms in total. The summed E-state index contributed by atoms with van der Waals surface area (Å²) in [5.41, 5.74) is 9.37. The van der Waals surface area contributed by atoms with E-state index in [9.17, 15) is 4.39 Å². The third-order valence-corrected chi connectivity index (χ3v) is 10.6. The minimum absolute atomic E-state index is 0.182. The van der Waals surface area contributed by atoms with Gasteiger partial charge in [-0.05, 0) is 111 Å². The average Bonchev–Trinajstić information content (AvgIpc) is 3.75. The highest BCUT2D eigenvalue weighted by Crippen LogP contribution is 2.60. The summed E-state index contributed by atoms with van der Waals surface area (Å²) in [5, 5.41) is 0. The van der Waals surface area contributed by atoms with Crippen LogP contribution in [0.15, 0.2) is 108 Å². The van der Waals surface area contributed by atoms with Crippen molar-refractivity contribution in [3.8, 4) is 0 Å². The molecule has 46 heavy (non-hydrogen) atoms. The van der Waals surface area contributed by atoms with Crippen LogP contribution in [0.3, 0.4) is 0 Å². The van der Waals surface area contributed by atoms with Crippen molar-refractivity contribution in [1.29, 1.82) is 0 Å². The molecular formula is C42H48FN3. The highest BCUT2D eigenvalue weighted by Gasteiger charge is 2.61. The van der Waals surface area contributed by atoms with Crippen LogP contribution in [-0.2, 0) is 6.54 Å². The Morgan fingerprint density at radius 3 is 2.35 bits per heavy atom. The normalized spacial score (nSPS) is 21.4. The molecule has 0 aromatic heterocycles. The first kappa shape index (κ1) is 31.9. The molecule has 6 rings (SSSR count). The molecule has 3 unspecified atom stereocenters. The molecular weight excluding hydrogens is 565 g/mol. The van der Waals surface area contributed by atoms with Gasteiger partial charge in [-0.2, -0.15) is 0 Å². The van der Waals surface area contributed by atoms with E-state index in [0.717, 1.165) is 42.0 Å². The van der Waals surface area contributed by atoms with Crippen LogP contribution >= 0.6 is 0 Å². The lowest BCUT2D eigenvalue weighted by molar-refractivity contribution is 0.147. The van der Waals surface area contributed by atoms with E-state index in [1.807, 2.05) is 13.0 Å². The predicted octanol–water partition coefficient (Wildman–Crippen LogP) is 9.89. The molecule has 238 valence electrons. The van der Waals surface area contributed by atoms with Gasteiger partial charge in [-0.1, -0.05) is 91.9 Å². The lowest BCUT2D eigenvalue weighted by Crippen LogP contribution is -2.50. The maximum Gasteiger partial charge on any atom is 0.123 e. The van der Waals surface area contributed by atoms with Gasteiger partial charge in [0, 0.05) is 35.9 Å². The highest BCUT2D eigenvalue weighted by atomic mass is 19.1. The smallest absolute Gasteiger partial charge is 0.123 e. The number of halogens is 1. The van der Waals surface area contributed by atoms with Crippen LogP contribution in [0, 0.1) is 24.6 Å². The third kappa shape index (κ3) is 6.33. The van der Waals surface area contributed by atoms with Crippen LogP contribution in [0.2, 0.25) is 0 Å². The van der Waals surface area contributed by atoms with Crippen LogP contribution in [0.25, 0.3) is 6.08 Å². The lowest BCUT2D eigenvalue weighted by atomic mass is 9.82. The number of aryl methyl sites for hydroxylation is 1. The quantitative estimate of drug-likeness (QED) is 0.166. The number of allylic oxidation sites excluding steroid dienone is 1. The first-order valence-corrected chi connectivity index (χ1v) is 17.0. The zero-order valence-corrected chi connectivity index (χ0v) is 28.1. The van der Waals surface area contributed by atoms with E-state index in [4.69, 9.17) is 0 Å². The summed E-state index contributed by atoms with van der Waals surface area (Å²) in [6.07, 6.45) is 7.88. The van der Waals surface area contributed by atoms with E-state index in [2.05, 4.69) is 121 Å². The van der Waals surface area contributed by atoms with Crippen molar-refractivity contribution >= 4 is 17.5 Å². The Bertz CT molecular complexity index is 1700. The fraction of sp³-hybridized carbons (Fsp3) is 0.357. The molecule has 2 aliphatic rings. The van der Waals surface area contributed by atoms with Gasteiger partial charge in [-0.25, -0.2) is 4.39 Å². The number of hydrogen-bond acceptors (Lipinski definition) is 3. The maximum absolute atomic E-state index is 14.1. The Balaban J connectivity index is 1.21.